The van der Waals surface area contributed by atoms with Crippen molar-refractivity contribution in [3.63, 3.8) is 0 Å². The van der Waals surface area contributed by atoms with E-state index in [4.69, 9.17) is 0 Å². The lowest BCUT2D eigenvalue weighted by Crippen LogP contribution is -2.43. The van der Waals surface area contributed by atoms with Gasteiger partial charge in [-0.3, -0.25) is 0 Å². The van der Waals surface area contributed by atoms with Gasteiger partial charge >= 0.3 is 0 Å². The molecular formula is C15H25NS. The first-order valence-corrected chi connectivity index (χ1v) is 8.39. The van der Waals surface area contributed by atoms with Gasteiger partial charge in [0.15, 0.2) is 0 Å². The van der Waals surface area contributed by atoms with Crippen LogP contribution in [-0.2, 0) is 0 Å². The van der Waals surface area contributed by atoms with E-state index in [-0.39, 0.29) is 0 Å². The summed E-state index contributed by atoms with van der Waals surface area (Å²) in [5.74, 6) is 1.81. The molecule has 0 bridgehead atoms. The van der Waals surface area contributed by atoms with Crippen LogP contribution in [0.4, 0.5) is 0 Å². The zero-order valence-corrected chi connectivity index (χ0v) is 11.8. The van der Waals surface area contributed by atoms with E-state index in [2.05, 4.69) is 29.4 Å². The van der Waals surface area contributed by atoms with Gasteiger partial charge in [-0.2, -0.15) is 0 Å². The van der Waals surface area contributed by atoms with Gasteiger partial charge in [0.1, 0.15) is 0 Å². The number of allylic oxidation sites excluding steroid dienone is 1. The maximum absolute atomic E-state index is 3.88. The summed E-state index contributed by atoms with van der Waals surface area (Å²) in [4.78, 5) is 0. The van der Waals surface area contributed by atoms with Crippen molar-refractivity contribution in [3.05, 3.63) is 11.1 Å². The van der Waals surface area contributed by atoms with Gasteiger partial charge in [-0.25, -0.2) is 0 Å². The van der Waals surface area contributed by atoms with Crippen molar-refractivity contribution in [3.8, 4) is 0 Å². The third kappa shape index (κ3) is 2.67. The van der Waals surface area contributed by atoms with Crippen LogP contribution in [0.1, 0.15) is 58.3 Å². The molecule has 17 heavy (non-hydrogen) atoms. The molecule has 2 aliphatic carbocycles. The van der Waals surface area contributed by atoms with Crippen LogP contribution in [0.2, 0.25) is 0 Å². The van der Waals surface area contributed by atoms with E-state index < -0.39 is 0 Å². The van der Waals surface area contributed by atoms with Gasteiger partial charge in [0.25, 0.3) is 0 Å². The number of thioether (sulfide) groups is 1. The van der Waals surface area contributed by atoms with Gasteiger partial charge in [0, 0.05) is 17.0 Å². The van der Waals surface area contributed by atoms with Crippen LogP contribution in [0.15, 0.2) is 11.1 Å². The molecule has 1 heterocycles. The molecule has 1 N–H and O–H groups in total. The summed E-state index contributed by atoms with van der Waals surface area (Å²) < 4.78 is 0. The molecule has 0 radical (unpaired) electrons. The molecule has 2 atom stereocenters. The Kier molecular flexibility index (Phi) is 3.69. The fraction of sp³-hybridized carbons (Fsp3) is 0.867. The van der Waals surface area contributed by atoms with Gasteiger partial charge in [0.2, 0.25) is 0 Å². The zero-order valence-electron chi connectivity index (χ0n) is 11.0. The summed E-state index contributed by atoms with van der Waals surface area (Å²) >= 11 is 2.13. The first-order valence-electron chi connectivity index (χ1n) is 7.45. The highest BCUT2D eigenvalue weighted by Gasteiger charge is 2.31. The summed E-state index contributed by atoms with van der Waals surface area (Å²) in [6.45, 7) is 2.41. The van der Waals surface area contributed by atoms with Crippen molar-refractivity contribution in [1.82, 2.24) is 5.32 Å². The Labute approximate surface area is 110 Å². The van der Waals surface area contributed by atoms with Crippen LogP contribution < -0.4 is 5.32 Å². The summed E-state index contributed by atoms with van der Waals surface area (Å²) in [6, 6.07) is 0.785. The molecular weight excluding hydrogens is 226 g/mol. The van der Waals surface area contributed by atoms with E-state index in [1.165, 1.54) is 51.4 Å². The predicted molar refractivity (Wildman–Crippen MR) is 76.0 cm³/mol. The van der Waals surface area contributed by atoms with Crippen molar-refractivity contribution >= 4 is 11.8 Å². The molecule has 1 nitrogen and oxygen atoms in total. The number of nitrogens with one attached hydrogen (secondary N) is 1. The minimum absolute atomic E-state index is 0.785. The molecule has 2 fully saturated rings. The molecule has 0 aromatic rings. The predicted octanol–water partition coefficient (Wildman–Crippen LogP) is 4.30. The SMILES string of the molecule is CC1CCC(C2=CS[C@@H]3CCCC[C@H]3N2)CC1. The summed E-state index contributed by atoms with van der Waals surface area (Å²) in [5, 5.41) is 7.22. The maximum Gasteiger partial charge on any atom is 0.0380 e. The van der Waals surface area contributed by atoms with Crippen LogP contribution in [0, 0.1) is 11.8 Å². The highest BCUT2D eigenvalue weighted by Crippen LogP contribution is 2.39. The highest BCUT2D eigenvalue weighted by molar-refractivity contribution is 8.02. The second kappa shape index (κ2) is 5.26. The fourth-order valence-electron chi connectivity index (χ4n) is 3.62. The molecule has 3 rings (SSSR count). The van der Waals surface area contributed by atoms with Crippen LogP contribution in [-0.4, -0.2) is 11.3 Å². The Balaban J connectivity index is 1.62. The normalized spacial score (nSPS) is 42.3. The van der Waals surface area contributed by atoms with Gasteiger partial charge < -0.3 is 5.32 Å². The second-order valence-electron chi connectivity index (χ2n) is 6.24. The van der Waals surface area contributed by atoms with E-state index in [0.29, 0.717) is 0 Å². The number of rotatable bonds is 1. The van der Waals surface area contributed by atoms with Crippen molar-refractivity contribution < 1.29 is 0 Å². The van der Waals surface area contributed by atoms with Crippen LogP contribution in [0.3, 0.4) is 0 Å². The van der Waals surface area contributed by atoms with E-state index in [0.717, 1.165) is 23.1 Å². The summed E-state index contributed by atoms with van der Waals surface area (Å²) in [5.41, 5.74) is 1.59. The van der Waals surface area contributed by atoms with Crippen LogP contribution in [0.5, 0.6) is 0 Å². The first kappa shape index (κ1) is 12.0. The second-order valence-corrected chi connectivity index (χ2v) is 7.35. The van der Waals surface area contributed by atoms with E-state index in [1.807, 2.05) is 0 Å². The fourth-order valence-corrected chi connectivity index (χ4v) is 4.90. The van der Waals surface area contributed by atoms with Gasteiger partial charge in [-0.05, 0) is 42.9 Å². The quantitative estimate of drug-likeness (QED) is 0.745. The number of fused-ring (bicyclic) bond motifs is 1. The lowest BCUT2D eigenvalue weighted by Gasteiger charge is -2.39. The first-order chi connectivity index (χ1) is 8.33. The van der Waals surface area contributed by atoms with Crippen LogP contribution >= 0.6 is 11.8 Å². The topological polar surface area (TPSA) is 12.0 Å². The molecule has 0 spiro atoms. The molecule has 0 aromatic carbocycles. The third-order valence-corrected chi connectivity index (χ3v) is 6.18. The molecule has 0 aromatic heterocycles. The standard InChI is InChI=1S/C15H25NS/c1-11-6-8-12(9-7-11)14-10-17-15-5-3-2-4-13(15)16-14/h10-13,15-16H,2-9H2,1H3/t11?,12?,13-,15-/m1/s1. The third-order valence-electron chi connectivity index (χ3n) is 4.88. The lowest BCUT2D eigenvalue weighted by atomic mass is 9.81. The van der Waals surface area contributed by atoms with E-state index >= 15 is 0 Å². The van der Waals surface area contributed by atoms with Crippen molar-refractivity contribution in [2.75, 3.05) is 0 Å². The number of hydrogen-bond donors (Lipinski definition) is 1. The Morgan fingerprint density at radius 3 is 2.65 bits per heavy atom. The highest BCUT2D eigenvalue weighted by atomic mass is 32.2. The van der Waals surface area contributed by atoms with Gasteiger partial charge in [-0.1, -0.05) is 32.6 Å². The van der Waals surface area contributed by atoms with Crippen molar-refractivity contribution in [2.45, 2.75) is 69.6 Å². The molecule has 2 saturated carbocycles. The van der Waals surface area contributed by atoms with Crippen molar-refractivity contribution in [1.29, 1.82) is 0 Å². The van der Waals surface area contributed by atoms with Gasteiger partial charge in [-0.15, -0.1) is 11.8 Å². The Morgan fingerprint density at radius 2 is 1.82 bits per heavy atom. The monoisotopic (exact) mass is 251 g/mol. The molecule has 1 aliphatic heterocycles. The van der Waals surface area contributed by atoms with Crippen molar-refractivity contribution in [2.24, 2.45) is 11.8 Å². The molecule has 0 unspecified atom stereocenters. The Morgan fingerprint density at radius 1 is 1.06 bits per heavy atom. The minimum Gasteiger partial charge on any atom is -0.384 e. The molecule has 2 heteroatoms. The minimum atomic E-state index is 0.785. The average molecular weight is 251 g/mol. The molecule has 0 amide bonds. The Bertz CT molecular complexity index is 291. The molecule has 0 saturated heterocycles. The van der Waals surface area contributed by atoms with E-state index in [9.17, 15) is 0 Å². The average Bonchev–Trinajstić information content (AvgIpc) is 2.39. The van der Waals surface area contributed by atoms with E-state index in [1.54, 1.807) is 5.70 Å². The smallest absolute Gasteiger partial charge is 0.0380 e. The van der Waals surface area contributed by atoms with Crippen LogP contribution in [0.25, 0.3) is 0 Å². The largest absolute Gasteiger partial charge is 0.384 e. The lowest BCUT2D eigenvalue weighted by molar-refractivity contribution is 0.297. The Hall–Kier alpha value is -0.110. The summed E-state index contributed by atoms with van der Waals surface area (Å²) in [6.07, 6.45) is 11.4. The summed E-state index contributed by atoms with van der Waals surface area (Å²) in [7, 11) is 0. The molecule has 96 valence electrons. The zero-order chi connectivity index (χ0) is 11.7. The number of hydrogen-bond acceptors (Lipinski definition) is 2. The molecule has 3 aliphatic rings. The van der Waals surface area contributed by atoms with Gasteiger partial charge in [0.05, 0.1) is 0 Å². The maximum atomic E-state index is 3.88.